The van der Waals surface area contributed by atoms with Gasteiger partial charge in [0.05, 0.1) is 0 Å². The summed E-state index contributed by atoms with van der Waals surface area (Å²) in [6.07, 6.45) is 0. The van der Waals surface area contributed by atoms with Crippen molar-refractivity contribution in [3.8, 4) is 0 Å². The van der Waals surface area contributed by atoms with E-state index in [0.29, 0.717) is 0 Å². The molecule has 0 spiro atoms. The van der Waals surface area contributed by atoms with E-state index in [1.807, 2.05) is 0 Å². The molecule has 0 aromatic rings. The predicted octanol–water partition coefficient (Wildman–Crippen LogP) is 0.763. The van der Waals surface area contributed by atoms with Crippen LogP contribution >= 0.6 is 24.0 Å². The van der Waals surface area contributed by atoms with E-state index < -0.39 is 11.0 Å². The van der Waals surface area contributed by atoms with Crippen molar-refractivity contribution in [3.63, 3.8) is 0 Å². The van der Waals surface area contributed by atoms with Gasteiger partial charge in [-0.1, -0.05) is 0 Å². The first kappa shape index (κ1) is 10.0. The van der Waals surface area contributed by atoms with Gasteiger partial charge in [-0.25, -0.2) is 0 Å². The lowest BCUT2D eigenvalue weighted by Gasteiger charge is -1.70. The Labute approximate surface area is 52.2 Å². The second-order valence-corrected chi connectivity index (χ2v) is 1.17. The molecule has 0 bridgehead atoms. The highest BCUT2D eigenvalue weighted by Gasteiger charge is 1.98. The van der Waals surface area contributed by atoms with Crippen molar-refractivity contribution >= 4 is 35.0 Å². The molecule has 42 valence electrons. The van der Waals surface area contributed by atoms with Crippen LogP contribution in [0.25, 0.3) is 0 Å². The van der Waals surface area contributed by atoms with Gasteiger partial charge in [-0.15, -0.1) is 12.4 Å². The average molecular weight is 143 g/mol. The monoisotopic (exact) mass is 142 g/mol. The molecule has 0 atom stereocenters. The fourth-order valence-corrected chi connectivity index (χ4v) is 0. The lowest BCUT2D eigenvalue weighted by atomic mass is 10.5. The lowest BCUT2D eigenvalue weighted by Crippen LogP contribution is -1.98. The highest BCUT2D eigenvalue weighted by atomic mass is 35.5. The van der Waals surface area contributed by atoms with Crippen LogP contribution in [0.3, 0.4) is 0 Å². The maximum atomic E-state index is 9.66. The number of ketones is 1. The minimum atomic E-state index is -0.907. The number of halogens is 2. The Morgan fingerprint density at radius 2 is 1.57 bits per heavy atom. The maximum absolute atomic E-state index is 9.66. The van der Waals surface area contributed by atoms with Crippen LogP contribution in [0.2, 0.25) is 0 Å². The fraction of sp³-hybridized carbons (Fsp3) is 0.333. The average Bonchev–Trinajstić information content (AvgIpc) is 1.36. The number of rotatable bonds is 1. The van der Waals surface area contributed by atoms with Crippen LogP contribution in [-0.4, -0.2) is 11.0 Å². The summed E-state index contributed by atoms with van der Waals surface area (Å²) < 4.78 is 0. The number of carbonyl (C=O) groups is 2. The Balaban J connectivity index is 0. The summed E-state index contributed by atoms with van der Waals surface area (Å²) in [5.74, 6) is -0.614. The van der Waals surface area contributed by atoms with Crippen molar-refractivity contribution < 1.29 is 9.59 Å². The summed E-state index contributed by atoms with van der Waals surface area (Å²) >= 11 is 4.62. The molecule has 4 heteroatoms. The third kappa shape index (κ3) is 5.92. The normalized spacial score (nSPS) is 6.57. The van der Waals surface area contributed by atoms with Gasteiger partial charge >= 0.3 is 0 Å². The molecule has 2 nitrogen and oxygen atoms in total. The SMILES string of the molecule is CC(=O)C(=O)Cl.Cl. The third-order valence-electron chi connectivity index (χ3n) is 0.277. The molecule has 0 amide bonds. The van der Waals surface area contributed by atoms with Crippen molar-refractivity contribution in [1.29, 1.82) is 0 Å². The standard InChI is InChI=1S/C3H3ClO2.ClH/c1-2(5)3(4)6;/h1H3;1H. The first-order chi connectivity index (χ1) is 2.64. The lowest BCUT2D eigenvalue weighted by molar-refractivity contribution is -0.130. The fourth-order valence-electron chi connectivity index (χ4n) is 0. The van der Waals surface area contributed by atoms with E-state index in [9.17, 15) is 9.59 Å². The van der Waals surface area contributed by atoms with Crippen LogP contribution in [0.5, 0.6) is 0 Å². The Hall–Kier alpha value is -0.0800. The minimum absolute atomic E-state index is 0. The summed E-state index contributed by atoms with van der Waals surface area (Å²) in [6, 6.07) is 0. The molecule has 0 radical (unpaired) electrons. The van der Waals surface area contributed by atoms with Crippen molar-refractivity contribution in [1.82, 2.24) is 0 Å². The van der Waals surface area contributed by atoms with Gasteiger partial charge in [-0.2, -0.15) is 0 Å². The van der Waals surface area contributed by atoms with Crippen LogP contribution < -0.4 is 0 Å². The van der Waals surface area contributed by atoms with Gasteiger partial charge in [-0.05, 0) is 11.6 Å². The minimum Gasteiger partial charge on any atom is -0.290 e. The van der Waals surface area contributed by atoms with Gasteiger partial charge in [0.1, 0.15) is 0 Å². The summed E-state index contributed by atoms with van der Waals surface area (Å²) in [6.45, 7) is 1.12. The number of Topliss-reactive ketones (excluding diaryl/α,β-unsaturated/α-hetero) is 1. The molecule has 0 saturated heterocycles. The molecule has 0 N–H and O–H groups in total. The second-order valence-electron chi connectivity index (χ2n) is 0.830. The van der Waals surface area contributed by atoms with Crippen molar-refractivity contribution in [2.45, 2.75) is 6.92 Å². The first-order valence-electron chi connectivity index (χ1n) is 1.35. The van der Waals surface area contributed by atoms with Gasteiger partial charge in [0.2, 0.25) is 5.78 Å². The zero-order chi connectivity index (χ0) is 5.15. The number of hydrogen-bond acceptors (Lipinski definition) is 2. The van der Waals surface area contributed by atoms with Crippen LogP contribution in [-0.2, 0) is 9.59 Å². The van der Waals surface area contributed by atoms with E-state index in [-0.39, 0.29) is 12.4 Å². The largest absolute Gasteiger partial charge is 0.290 e. The molecule has 0 aromatic carbocycles. The Morgan fingerprint density at radius 3 is 1.57 bits per heavy atom. The van der Waals surface area contributed by atoms with Crippen molar-refractivity contribution in [3.05, 3.63) is 0 Å². The zero-order valence-corrected chi connectivity index (χ0v) is 5.18. The third-order valence-corrected chi connectivity index (χ3v) is 0.543. The molecule has 0 aliphatic rings. The summed E-state index contributed by atoms with van der Waals surface area (Å²) in [7, 11) is 0. The maximum Gasteiger partial charge on any atom is 0.287 e. The van der Waals surface area contributed by atoms with Crippen LogP contribution in [0.1, 0.15) is 6.92 Å². The summed E-state index contributed by atoms with van der Waals surface area (Å²) in [5, 5.41) is -0.907. The van der Waals surface area contributed by atoms with Gasteiger partial charge < -0.3 is 0 Å². The van der Waals surface area contributed by atoms with Gasteiger partial charge in [0, 0.05) is 6.92 Å². The Morgan fingerprint density at radius 1 is 1.43 bits per heavy atom. The van der Waals surface area contributed by atoms with Gasteiger partial charge in [0.15, 0.2) is 0 Å². The molecule has 0 rings (SSSR count). The second kappa shape index (κ2) is 4.09. The molecule has 0 fully saturated rings. The summed E-state index contributed by atoms with van der Waals surface area (Å²) in [5.41, 5.74) is 0. The molecule has 0 saturated carbocycles. The Kier molecular flexibility index (Phi) is 5.85. The molecule has 7 heavy (non-hydrogen) atoms. The van der Waals surface area contributed by atoms with E-state index in [1.54, 1.807) is 0 Å². The topological polar surface area (TPSA) is 34.1 Å². The van der Waals surface area contributed by atoms with E-state index >= 15 is 0 Å². The smallest absolute Gasteiger partial charge is 0.287 e. The zero-order valence-electron chi connectivity index (χ0n) is 3.60. The number of hydrogen-bond donors (Lipinski definition) is 0. The molecule has 0 unspecified atom stereocenters. The molecule has 0 aromatic heterocycles. The van der Waals surface area contributed by atoms with Crippen molar-refractivity contribution in [2.24, 2.45) is 0 Å². The van der Waals surface area contributed by atoms with E-state index in [0.717, 1.165) is 6.92 Å². The van der Waals surface area contributed by atoms with Crippen LogP contribution in [0.4, 0.5) is 0 Å². The highest BCUT2D eigenvalue weighted by molar-refractivity contribution is 6.80. The quantitative estimate of drug-likeness (QED) is 0.401. The summed E-state index contributed by atoms with van der Waals surface area (Å²) in [4.78, 5) is 19.2. The van der Waals surface area contributed by atoms with Gasteiger partial charge in [0.25, 0.3) is 5.24 Å². The molecule has 0 aliphatic heterocycles. The first-order valence-corrected chi connectivity index (χ1v) is 1.73. The van der Waals surface area contributed by atoms with Crippen LogP contribution in [0.15, 0.2) is 0 Å². The molecular weight excluding hydrogens is 139 g/mol. The van der Waals surface area contributed by atoms with Crippen LogP contribution in [0, 0.1) is 0 Å². The number of carbonyl (C=O) groups excluding carboxylic acids is 2. The van der Waals surface area contributed by atoms with Gasteiger partial charge in [-0.3, -0.25) is 9.59 Å². The highest BCUT2D eigenvalue weighted by Crippen LogP contribution is 1.77. The predicted molar refractivity (Wildman–Crippen MR) is 28.8 cm³/mol. The molecular formula is C3H4Cl2O2. The van der Waals surface area contributed by atoms with E-state index in [4.69, 9.17) is 0 Å². The van der Waals surface area contributed by atoms with Crippen molar-refractivity contribution in [2.75, 3.05) is 0 Å². The van der Waals surface area contributed by atoms with E-state index in [1.165, 1.54) is 0 Å². The molecule has 0 heterocycles. The molecule has 0 aliphatic carbocycles. The van der Waals surface area contributed by atoms with E-state index in [2.05, 4.69) is 11.6 Å². The Bertz CT molecular complexity index is 76.9.